The summed E-state index contributed by atoms with van der Waals surface area (Å²) >= 11 is 1.59. The predicted molar refractivity (Wildman–Crippen MR) is 99.2 cm³/mol. The van der Waals surface area contributed by atoms with E-state index in [0.29, 0.717) is 19.6 Å². The Bertz CT molecular complexity index is 839. The summed E-state index contributed by atoms with van der Waals surface area (Å²) in [6, 6.07) is 2.03. The molecule has 2 saturated heterocycles. The molecule has 1 amide bonds. The summed E-state index contributed by atoms with van der Waals surface area (Å²) < 4.78 is 0. The molecule has 0 saturated carbocycles. The zero-order valence-corrected chi connectivity index (χ0v) is 15.5. The molecule has 1 N–H and O–H groups in total. The molecule has 4 heterocycles. The van der Waals surface area contributed by atoms with Crippen molar-refractivity contribution in [2.45, 2.75) is 19.8 Å². The van der Waals surface area contributed by atoms with Crippen molar-refractivity contribution in [3.8, 4) is 0 Å². The van der Waals surface area contributed by atoms with Crippen LogP contribution in [0, 0.1) is 17.8 Å². The van der Waals surface area contributed by atoms with Crippen LogP contribution in [0.2, 0.25) is 0 Å². The van der Waals surface area contributed by atoms with Crippen LogP contribution in [0.5, 0.6) is 0 Å². The van der Waals surface area contributed by atoms with Crippen LogP contribution in [0.25, 0.3) is 10.2 Å². The Kier molecular flexibility index (Phi) is 4.52. The Morgan fingerprint density at radius 1 is 1.27 bits per heavy atom. The van der Waals surface area contributed by atoms with Gasteiger partial charge in [0.1, 0.15) is 17.0 Å². The second-order valence-electron chi connectivity index (χ2n) is 7.29. The first-order valence-electron chi connectivity index (χ1n) is 8.99. The van der Waals surface area contributed by atoms with Gasteiger partial charge in [0.25, 0.3) is 0 Å². The fourth-order valence-corrected chi connectivity index (χ4v) is 4.85. The second kappa shape index (κ2) is 6.83. The first kappa shape index (κ1) is 17.2. The number of carbonyl (C=O) groups is 2. The largest absolute Gasteiger partial charge is 0.481 e. The maximum Gasteiger partial charge on any atom is 0.308 e. The van der Waals surface area contributed by atoms with Gasteiger partial charge in [-0.3, -0.25) is 9.59 Å². The van der Waals surface area contributed by atoms with Crippen molar-refractivity contribution in [3.05, 3.63) is 17.8 Å². The zero-order valence-electron chi connectivity index (χ0n) is 14.7. The van der Waals surface area contributed by atoms with E-state index in [0.717, 1.165) is 35.4 Å². The number of nitrogens with zero attached hydrogens (tertiary/aromatic N) is 4. The summed E-state index contributed by atoms with van der Waals surface area (Å²) in [7, 11) is 0. The molecule has 7 nitrogen and oxygen atoms in total. The van der Waals surface area contributed by atoms with Crippen LogP contribution in [0.4, 0.5) is 5.82 Å². The average Bonchev–Trinajstić information content (AvgIpc) is 3.27. The molecule has 26 heavy (non-hydrogen) atoms. The lowest BCUT2D eigenvalue weighted by Gasteiger charge is -2.34. The molecule has 138 valence electrons. The molecule has 0 bridgehead atoms. The monoisotopic (exact) mass is 374 g/mol. The summed E-state index contributed by atoms with van der Waals surface area (Å²) in [5.74, 6) is -0.381. The zero-order chi connectivity index (χ0) is 18.3. The van der Waals surface area contributed by atoms with Crippen LogP contribution >= 0.6 is 11.3 Å². The number of anilines is 1. The molecule has 2 aromatic rings. The number of fused-ring (bicyclic) bond motifs is 1. The van der Waals surface area contributed by atoms with Crippen LogP contribution < -0.4 is 4.90 Å². The van der Waals surface area contributed by atoms with E-state index in [1.807, 2.05) is 18.4 Å². The highest BCUT2D eigenvalue weighted by atomic mass is 32.1. The van der Waals surface area contributed by atoms with E-state index in [-0.39, 0.29) is 17.7 Å². The maximum absolute atomic E-state index is 13.0. The normalized spacial score (nSPS) is 26.4. The number of rotatable bonds is 3. The van der Waals surface area contributed by atoms with Gasteiger partial charge in [-0.05, 0) is 30.2 Å². The Morgan fingerprint density at radius 2 is 2.12 bits per heavy atom. The van der Waals surface area contributed by atoms with Crippen LogP contribution in [0.15, 0.2) is 17.8 Å². The fourth-order valence-electron chi connectivity index (χ4n) is 4.13. The number of carbonyl (C=O) groups excluding carboxylic acids is 1. The quantitative estimate of drug-likeness (QED) is 0.885. The van der Waals surface area contributed by atoms with Crippen molar-refractivity contribution < 1.29 is 14.7 Å². The number of hydrogen-bond donors (Lipinski definition) is 1. The highest BCUT2D eigenvalue weighted by molar-refractivity contribution is 7.16. The number of hydrogen-bond acceptors (Lipinski definition) is 6. The third-order valence-electron chi connectivity index (χ3n) is 5.55. The lowest BCUT2D eigenvalue weighted by atomic mass is 9.96. The van der Waals surface area contributed by atoms with Gasteiger partial charge in [-0.2, -0.15) is 0 Å². The average molecular weight is 374 g/mol. The molecule has 3 atom stereocenters. The molecule has 4 rings (SSSR count). The van der Waals surface area contributed by atoms with Crippen molar-refractivity contribution in [1.29, 1.82) is 0 Å². The summed E-state index contributed by atoms with van der Waals surface area (Å²) in [6.45, 7) is 4.28. The predicted octanol–water partition coefficient (Wildman–Crippen LogP) is 2.09. The van der Waals surface area contributed by atoms with Crippen molar-refractivity contribution in [2.24, 2.45) is 17.8 Å². The minimum Gasteiger partial charge on any atom is -0.481 e. The minimum atomic E-state index is -0.807. The first-order valence-corrected chi connectivity index (χ1v) is 9.87. The van der Waals surface area contributed by atoms with Crippen LogP contribution in [-0.4, -0.2) is 58.0 Å². The lowest BCUT2D eigenvalue weighted by Crippen LogP contribution is -2.44. The highest BCUT2D eigenvalue weighted by Crippen LogP contribution is 2.31. The minimum absolute atomic E-state index is 0.00318. The molecular weight excluding hydrogens is 352 g/mol. The van der Waals surface area contributed by atoms with Crippen molar-refractivity contribution in [1.82, 2.24) is 14.9 Å². The van der Waals surface area contributed by atoms with E-state index in [2.05, 4.69) is 14.9 Å². The van der Waals surface area contributed by atoms with Gasteiger partial charge in [-0.25, -0.2) is 9.97 Å². The molecule has 2 fully saturated rings. The summed E-state index contributed by atoms with van der Waals surface area (Å²) in [5, 5.41) is 12.3. The van der Waals surface area contributed by atoms with Crippen molar-refractivity contribution in [3.63, 3.8) is 0 Å². The van der Waals surface area contributed by atoms with Crippen LogP contribution in [0.1, 0.15) is 19.8 Å². The smallest absolute Gasteiger partial charge is 0.308 e. The van der Waals surface area contributed by atoms with E-state index in [9.17, 15) is 14.7 Å². The summed E-state index contributed by atoms with van der Waals surface area (Å²) in [5.41, 5.74) is 0. The molecular formula is C18H22N4O3S. The second-order valence-corrected chi connectivity index (χ2v) is 8.18. The third-order valence-corrected chi connectivity index (χ3v) is 6.37. The van der Waals surface area contributed by atoms with E-state index in [1.54, 1.807) is 22.6 Å². The molecule has 0 aliphatic carbocycles. The Hall–Kier alpha value is -2.22. The van der Waals surface area contributed by atoms with E-state index < -0.39 is 11.9 Å². The number of carboxylic acids is 1. The van der Waals surface area contributed by atoms with Gasteiger partial charge in [0.15, 0.2) is 0 Å². The standard InChI is InChI=1S/C18H22N4O3S/c1-11-7-22(9-14(11)18(24)25)17(23)12-3-2-5-21(8-12)15-13-4-6-26-16(13)20-10-19-15/h4,6,10-12,14H,2-3,5,7-9H2,1H3,(H,24,25)/t11-,12?,14-/m1/s1. The molecule has 2 aromatic heterocycles. The number of amides is 1. The van der Waals surface area contributed by atoms with Gasteiger partial charge in [-0.1, -0.05) is 6.92 Å². The number of piperidine rings is 1. The third kappa shape index (κ3) is 3.02. The van der Waals surface area contributed by atoms with Gasteiger partial charge in [0.2, 0.25) is 5.91 Å². The van der Waals surface area contributed by atoms with Crippen LogP contribution in [-0.2, 0) is 9.59 Å². The molecule has 2 aliphatic heterocycles. The molecule has 2 aliphatic rings. The van der Waals surface area contributed by atoms with Gasteiger partial charge in [-0.15, -0.1) is 11.3 Å². The van der Waals surface area contributed by atoms with E-state index in [4.69, 9.17) is 0 Å². The van der Waals surface area contributed by atoms with E-state index >= 15 is 0 Å². The number of aromatic nitrogens is 2. The first-order chi connectivity index (χ1) is 12.5. The summed E-state index contributed by atoms with van der Waals surface area (Å²) in [6.07, 6.45) is 3.35. The van der Waals surface area contributed by atoms with E-state index in [1.165, 1.54) is 0 Å². The molecule has 1 unspecified atom stereocenters. The number of thiophene rings is 1. The molecule has 8 heteroatoms. The number of aliphatic carboxylic acids is 1. The summed E-state index contributed by atoms with van der Waals surface area (Å²) in [4.78, 5) is 38.0. The molecule has 0 spiro atoms. The number of carboxylic acid groups (broad SMARTS) is 1. The fraction of sp³-hybridized carbons (Fsp3) is 0.556. The topological polar surface area (TPSA) is 86.6 Å². The highest BCUT2D eigenvalue weighted by Gasteiger charge is 2.40. The molecule has 0 radical (unpaired) electrons. The maximum atomic E-state index is 13.0. The molecule has 0 aromatic carbocycles. The van der Waals surface area contributed by atoms with Crippen LogP contribution in [0.3, 0.4) is 0 Å². The van der Waals surface area contributed by atoms with Gasteiger partial charge in [0.05, 0.1) is 17.2 Å². The van der Waals surface area contributed by atoms with Gasteiger partial charge in [0, 0.05) is 26.2 Å². The van der Waals surface area contributed by atoms with Gasteiger partial charge >= 0.3 is 5.97 Å². The van der Waals surface area contributed by atoms with Crippen molar-refractivity contribution >= 4 is 39.2 Å². The lowest BCUT2D eigenvalue weighted by molar-refractivity contribution is -0.142. The Balaban J connectivity index is 1.49. The SMILES string of the molecule is C[C@@H]1CN(C(=O)C2CCCN(c3ncnc4sccc34)C2)C[C@H]1C(=O)O. The van der Waals surface area contributed by atoms with Crippen molar-refractivity contribution in [2.75, 3.05) is 31.1 Å². The Labute approximate surface area is 155 Å². The van der Waals surface area contributed by atoms with Gasteiger partial charge < -0.3 is 14.9 Å². The number of likely N-dealkylation sites (tertiary alicyclic amines) is 1. The Morgan fingerprint density at radius 3 is 2.88 bits per heavy atom.